The van der Waals surface area contributed by atoms with Gasteiger partial charge in [0, 0.05) is 6.54 Å². The maximum Gasteiger partial charge on any atom is 0.290 e. The summed E-state index contributed by atoms with van der Waals surface area (Å²) in [6, 6.07) is 10.3. The molecule has 0 radical (unpaired) electrons. The summed E-state index contributed by atoms with van der Waals surface area (Å²) in [4.78, 5) is 28.3. The highest BCUT2D eigenvalue weighted by molar-refractivity contribution is 5.99. The van der Waals surface area contributed by atoms with E-state index in [0.29, 0.717) is 34.6 Å². The topological polar surface area (TPSA) is 69.0 Å². The first-order valence-corrected chi connectivity index (χ1v) is 9.60. The number of benzene rings is 2. The Labute approximate surface area is 168 Å². The molecule has 2 aromatic carbocycles. The Morgan fingerprint density at radius 2 is 1.79 bits per heavy atom. The van der Waals surface area contributed by atoms with Gasteiger partial charge in [-0.05, 0) is 43.2 Å². The summed E-state index contributed by atoms with van der Waals surface area (Å²) in [6.45, 7) is 4.43. The van der Waals surface area contributed by atoms with Crippen LogP contribution in [0.25, 0.3) is 11.0 Å². The molecule has 1 aliphatic rings. The zero-order valence-corrected chi connectivity index (χ0v) is 16.9. The lowest BCUT2D eigenvalue weighted by Crippen LogP contribution is -2.30. The smallest absolute Gasteiger partial charge is 0.290 e. The van der Waals surface area contributed by atoms with E-state index in [4.69, 9.17) is 13.9 Å². The second kappa shape index (κ2) is 7.28. The first-order chi connectivity index (χ1) is 14.0. The third-order valence-electron chi connectivity index (χ3n) is 5.31. The minimum atomic E-state index is -0.529. The summed E-state index contributed by atoms with van der Waals surface area (Å²) < 4.78 is 16.7. The number of fused-ring (bicyclic) bond motifs is 2. The van der Waals surface area contributed by atoms with Gasteiger partial charge in [-0.1, -0.05) is 24.6 Å². The number of rotatable bonds is 5. The molecule has 1 aromatic heterocycles. The van der Waals surface area contributed by atoms with Crippen molar-refractivity contribution in [2.45, 2.75) is 26.3 Å². The van der Waals surface area contributed by atoms with Gasteiger partial charge in [-0.15, -0.1) is 0 Å². The van der Waals surface area contributed by atoms with Crippen LogP contribution in [0.5, 0.6) is 11.5 Å². The lowest BCUT2D eigenvalue weighted by molar-refractivity contribution is 0.0728. The normalized spacial score (nSPS) is 15.7. The largest absolute Gasteiger partial charge is 0.493 e. The molecule has 0 saturated carbocycles. The molecule has 0 saturated heterocycles. The molecule has 1 atom stereocenters. The van der Waals surface area contributed by atoms with Crippen LogP contribution in [0.1, 0.15) is 46.6 Å². The van der Waals surface area contributed by atoms with E-state index in [1.165, 1.54) is 0 Å². The maximum absolute atomic E-state index is 13.4. The van der Waals surface area contributed by atoms with Gasteiger partial charge in [-0.25, -0.2) is 0 Å². The molecule has 6 heteroatoms. The maximum atomic E-state index is 13.4. The predicted molar refractivity (Wildman–Crippen MR) is 110 cm³/mol. The number of methoxy groups -OCH3 is 2. The van der Waals surface area contributed by atoms with Gasteiger partial charge in [0.1, 0.15) is 5.58 Å². The van der Waals surface area contributed by atoms with E-state index in [2.05, 4.69) is 0 Å². The quantitative estimate of drug-likeness (QED) is 0.653. The van der Waals surface area contributed by atoms with Crippen LogP contribution in [-0.2, 0) is 0 Å². The molecule has 2 heterocycles. The van der Waals surface area contributed by atoms with Crippen molar-refractivity contribution in [3.05, 3.63) is 69.1 Å². The van der Waals surface area contributed by atoms with Crippen LogP contribution in [0.15, 0.2) is 45.6 Å². The van der Waals surface area contributed by atoms with Gasteiger partial charge in [0.25, 0.3) is 5.91 Å². The second-order valence-electron chi connectivity index (χ2n) is 7.19. The Morgan fingerprint density at radius 1 is 1.03 bits per heavy atom. The molecule has 4 rings (SSSR count). The molecule has 0 spiro atoms. The van der Waals surface area contributed by atoms with Crippen LogP contribution >= 0.6 is 0 Å². The van der Waals surface area contributed by atoms with Gasteiger partial charge in [-0.3, -0.25) is 9.59 Å². The third kappa shape index (κ3) is 2.95. The fourth-order valence-electron chi connectivity index (χ4n) is 3.98. The van der Waals surface area contributed by atoms with E-state index in [1.807, 2.05) is 32.0 Å². The number of hydrogen-bond donors (Lipinski definition) is 0. The number of carbonyl (C=O) groups is 1. The molecule has 1 aliphatic heterocycles. The summed E-state index contributed by atoms with van der Waals surface area (Å²) in [5, 5.41) is 0.486. The van der Waals surface area contributed by atoms with Crippen LogP contribution in [0.4, 0.5) is 0 Å². The van der Waals surface area contributed by atoms with E-state index in [1.54, 1.807) is 37.3 Å². The van der Waals surface area contributed by atoms with Crippen molar-refractivity contribution in [1.29, 1.82) is 0 Å². The van der Waals surface area contributed by atoms with Crippen molar-refractivity contribution in [2.24, 2.45) is 0 Å². The van der Waals surface area contributed by atoms with Gasteiger partial charge < -0.3 is 18.8 Å². The number of carbonyl (C=O) groups excluding carboxylic acids is 1. The van der Waals surface area contributed by atoms with E-state index < -0.39 is 6.04 Å². The Balaban J connectivity index is 1.99. The third-order valence-corrected chi connectivity index (χ3v) is 5.31. The molecule has 0 unspecified atom stereocenters. The molecule has 0 bridgehead atoms. The minimum Gasteiger partial charge on any atom is -0.493 e. The molecule has 0 N–H and O–H groups in total. The van der Waals surface area contributed by atoms with Crippen molar-refractivity contribution in [3.8, 4) is 11.5 Å². The highest BCUT2D eigenvalue weighted by Gasteiger charge is 2.42. The van der Waals surface area contributed by atoms with Crippen LogP contribution in [0, 0.1) is 6.92 Å². The molecule has 3 aromatic rings. The number of aryl methyl sites for hydroxylation is 1. The summed E-state index contributed by atoms with van der Waals surface area (Å²) >= 11 is 0. The van der Waals surface area contributed by atoms with E-state index in [0.717, 1.165) is 17.5 Å². The zero-order valence-electron chi connectivity index (χ0n) is 16.9. The average Bonchev–Trinajstić information content (AvgIpc) is 3.00. The lowest BCUT2D eigenvalue weighted by Gasteiger charge is -2.25. The molecule has 0 fully saturated rings. The number of nitrogens with zero attached hydrogens (tertiary/aromatic N) is 1. The molecule has 6 nitrogen and oxygen atoms in total. The molecule has 150 valence electrons. The van der Waals surface area contributed by atoms with Gasteiger partial charge in [0.15, 0.2) is 16.9 Å². The summed E-state index contributed by atoms with van der Waals surface area (Å²) in [6.07, 6.45) is 0.760. The molecular formula is C23H23NO5. The highest BCUT2D eigenvalue weighted by atomic mass is 16.5. The Hall–Kier alpha value is -3.28. The monoisotopic (exact) mass is 393 g/mol. The highest BCUT2D eigenvalue weighted by Crippen LogP contribution is 2.40. The first-order valence-electron chi connectivity index (χ1n) is 9.60. The number of amides is 1. The standard InChI is InChI=1S/C23H23NO5/c1-5-10-24-20(14-7-9-17(27-3)18(12-14)28-4)19-21(25)15-11-13(2)6-8-16(15)29-22(19)23(24)26/h6-9,11-12,20H,5,10H2,1-4H3/t20-/m1/s1. The molecule has 0 aliphatic carbocycles. The molecule has 1 amide bonds. The zero-order chi connectivity index (χ0) is 20.7. The van der Waals surface area contributed by atoms with Gasteiger partial charge in [0.2, 0.25) is 5.76 Å². The van der Waals surface area contributed by atoms with Gasteiger partial charge in [-0.2, -0.15) is 0 Å². The van der Waals surface area contributed by atoms with Gasteiger partial charge in [0.05, 0.1) is 31.2 Å². The lowest BCUT2D eigenvalue weighted by atomic mass is 9.97. The van der Waals surface area contributed by atoms with Crippen molar-refractivity contribution in [3.63, 3.8) is 0 Å². The first kappa shape index (κ1) is 19.1. The average molecular weight is 393 g/mol. The summed E-state index contributed by atoms with van der Waals surface area (Å²) in [5.41, 5.74) is 2.38. The van der Waals surface area contributed by atoms with Crippen molar-refractivity contribution < 1.29 is 18.7 Å². The minimum absolute atomic E-state index is 0.125. The van der Waals surface area contributed by atoms with E-state index in [-0.39, 0.29) is 17.1 Å². The number of hydrogen-bond acceptors (Lipinski definition) is 5. The summed E-state index contributed by atoms with van der Waals surface area (Å²) in [7, 11) is 3.13. The van der Waals surface area contributed by atoms with Crippen molar-refractivity contribution >= 4 is 16.9 Å². The van der Waals surface area contributed by atoms with Crippen LogP contribution in [0.2, 0.25) is 0 Å². The Bertz CT molecular complexity index is 1160. The SMILES string of the molecule is CCCN1C(=O)c2oc3ccc(C)cc3c(=O)c2[C@H]1c1ccc(OC)c(OC)c1. The van der Waals surface area contributed by atoms with Crippen LogP contribution in [-0.4, -0.2) is 31.6 Å². The summed E-state index contributed by atoms with van der Waals surface area (Å²) in [5.74, 6) is 0.994. The molecular weight excluding hydrogens is 370 g/mol. The van der Waals surface area contributed by atoms with Crippen LogP contribution in [0.3, 0.4) is 0 Å². The predicted octanol–water partition coefficient (Wildman–Crippen LogP) is 4.07. The second-order valence-corrected chi connectivity index (χ2v) is 7.19. The van der Waals surface area contributed by atoms with Crippen molar-refractivity contribution in [1.82, 2.24) is 4.90 Å². The number of ether oxygens (including phenoxy) is 2. The van der Waals surface area contributed by atoms with Crippen molar-refractivity contribution in [2.75, 3.05) is 20.8 Å². The fraction of sp³-hybridized carbons (Fsp3) is 0.304. The Kier molecular flexibility index (Phi) is 4.78. The molecule has 29 heavy (non-hydrogen) atoms. The van der Waals surface area contributed by atoms with E-state index >= 15 is 0 Å². The van der Waals surface area contributed by atoms with E-state index in [9.17, 15) is 9.59 Å². The Morgan fingerprint density at radius 3 is 2.48 bits per heavy atom. The van der Waals surface area contributed by atoms with Gasteiger partial charge >= 0.3 is 0 Å². The fourth-order valence-corrected chi connectivity index (χ4v) is 3.98. The van der Waals surface area contributed by atoms with Crippen LogP contribution < -0.4 is 14.9 Å².